The number of nitrogens with two attached hydrogens (primary N) is 3. The molecule has 6 amide bonds. The van der Waals surface area contributed by atoms with Crippen molar-refractivity contribution in [3.8, 4) is 56.4 Å². The molecular formula is C94H118ClN9O16. The van der Waals surface area contributed by atoms with Crippen LogP contribution < -0.4 is 27.8 Å². The molecule has 120 heavy (non-hydrogen) atoms. The molecule has 4 heterocycles. The third-order valence-corrected chi connectivity index (χ3v) is 24.0. The van der Waals surface area contributed by atoms with E-state index in [-0.39, 0.29) is 132 Å². The highest BCUT2D eigenvalue weighted by Gasteiger charge is 2.41. The molecule has 642 valence electrons. The van der Waals surface area contributed by atoms with Crippen LogP contribution in [0.25, 0.3) is 33.4 Å². The van der Waals surface area contributed by atoms with Gasteiger partial charge >= 0.3 is 0 Å². The second-order valence-corrected chi connectivity index (χ2v) is 33.5. The van der Waals surface area contributed by atoms with Crippen molar-refractivity contribution < 1.29 is 78.0 Å². The first-order valence-electron chi connectivity index (χ1n) is 42.1. The fourth-order valence-corrected chi connectivity index (χ4v) is 16.8. The fourth-order valence-electron chi connectivity index (χ4n) is 16.7. The topological polar surface area (TPSA) is 401 Å². The molecule has 4 aliphatic rings. The summed E-state index contributed by atoms with van der Waals surface area (Å²) >= 11 is 6.06. The predicted octanol–water partition coefficient (Wildman–Crippen LogP) is 12.3. The summed E-state index contributed by atoms with van der Waals surface area (Å²) in [6.07, 6.45) is 7.38. The van der Waals surface area contributed by atoms with E-state index in [0.717, 1.165) is 36.8 Å². The number of halogens is 1. The summed E-state index contributed by atoms with van der Waals surface area (Å²) in [5.74, 6) is -9.79. The maximum atomic E-state index is 14.7. The van der Waals surface area contributed by atoms with Gasteiger partial charge in [0.25, 0.3) is 0 Å². The van der Waals surface area contributed by atoms with Gasteiger partial charge in [0.1, 0.15) is 40.9 Å². The number of nitrogens with zero attached hydrogens (tertiary/aromatic N) is 4. The van der Waals surface area contributed by atoms with Crippen LogP contribution in [0.5, 0.6) is 23.0 Å². The van der Waals surface area contributed by atoms with Crippen molar-refractivity contribution in [3.63, 3.8) is 0 Å². The standard InChI is InChI=1S/C50H57ClN4O8.C44H61N5O8/c1-30-24-46(60)47(54(3)50(63)37(8-4-5-21-52)29-44(58)35-12-10-33(11-13-35)34-14-17-38(51)18-15-34)36-16-20-43(57)40(28-36)39-26-32(9-19-42(39)56)27-41(53-48(30)61)45(59)25-31(2)49(62)55-22-6-7-23-55;1-6-7-12-32(50)24-31(11-8-9-18-45)44(57)48(5)41-30-15-17-38(52)34(25-30)33-22-29(14-16-37(33)51)23-35(47-42(55)26(2)20-40(41)54)39(53)21-27(3)43(56)49-19-10-13-36(49)28(4)46/h9-20,26,28,30-31,37,41,47,56-57H,4-8,21-25,27,29,52H2,1-3H3,(H,53,61);14-17,22,25-27,31,35-36,41,51-52H,4,6-13,18-21,23-24,45-46H2,1-3,5H3,(H,47,55)/t30-,31-,37-,41+,47+;26-,27-,31-,35+,36+,41+/m11/s1. The zero-order valence-electron chi connectivity index (χ0n) is 70.1. The average molecular weight is 1670 g/mol. The molecule has 0 spiro atoms. The van der Waals surface area contributed by atoms with Crippen LogP contribution in [-0.4, -0.2) is 175 Å². The Kier molecular flexibility index (Phi) is 33.6. The molecule has 25 nitrogen and oxygen atoms in total. The number of amides is 6. The lowest BCUT2D eigenvalue weighted by Crippen LogP contribution is -2.47. The highest BCUT2D eigenvalue weighted by Crippen LogP contribution is 2.43. The molecule has 26 heteroatoms. The van der Waals surface area contributed by atoms with Crippen molar-refractivity contribution in [1.29, 1.82) is 0 Å². The lowest BCUT2D eigenvalue weighted by molar-refractivity contribution is -0.144. The summed E-state index contributed by atoms with van der Waals surface area (Å²) in [7, 11) is 2.99. The Bertz CT molecular complexity index is 4740. The first-order valence-corrected chi connectivity index (χ1v) is 42.5. The van der Waals surface area contributed by atoms with Crippen LogP contribution in [0.1, 0.15) is 201 Å². The van der Waals surface area contributed by atoms with Crippen molar-refractivity contribution >= 4 is 81.7 Å². The monoisotopic (exact) mass is 1660 g/mol. The fraction of sp³-hybridized carbons (Fsp3) is 0.468. The minimum atomic E-state index is -1.26. The molecule has 0 aliphatic carbocycles. The normalized spacial score (nSPS) is 19.8. The van der Waals surface area contributed by atoms with Crippen molar-refractivity contribution in [3.05, 3.63) is 166 Å². The number of ketones is 6. The highest BCUT2D eigenvalue weighted by atomic mass is 35.5. The van der Waals surface area contributed by atoms with Crippen molar-refractivity contribution in [2.24, 2.45) is 52.7 Å². The molecule has 2 fully saturated rings. The van der Waals surface area contributed by atoms with E-state index >= 15 is 0 Å². The Hall–Kier alpha value is -10.9. The molecule has 0 saturated carbocycles. The molecule has 6 aromatic rings. The summed E-state index contributed by atoms with van der Waals surface area (Å²) in [6.45, 7) is 14.9. The molecule has 4 aliphatic heterocycles. The van der Waals surface area contributed by atoms with Gasteiger partial charge in [0.05, 0.1) is 18.1 Å². The van der Waals surface area contributed by atoms with Gasteiger partial charge in [0, 0.05) is 153 Å². The van der Waals surface area contributed by atoms with E-state index in [9.17, 15) is 78.0 Å². The van der Waals surface area contributed by atoms with Crippen LogP contribution in [-0.2, 0) is 65.6 Å². The number of fused-ring (bicyclic) bond motifs is 10. The Morgan fingerprint density at radius 2 is 0.958 bits per heavy atom. The lowest BCUT2D eigenvalue weighted by atomic mass is 9.87. The molecule has 0 radical (unpaired) electrons. The van der Waals surface area contributed by atoms with E-state index in [2.05, 4.69) is 17.2 Å². The minimum Gasteiger partial charge on any atom is -0.507 e. The Labute approximate surface area is 708 Å². The van der Waals surface area contributed by atoms with E-state index in [0.29, 0.717) is 129 Å². The number of benzene rings is 6. The molecule has 10 rings (SSSR count). The molecule has 12 N–H and O–H groups in total. The maximum absolute atomic E-state index is 14.7. The quantitative estimate of drug-likeness (QED) is 0.0149. The maximum Gasteiger partial charge on any atom is 0.226 e. The smallest absolute Gasteiger partial charge is 0.226 e. The Morgan fingerprint density at radius 3 is 1.40 bits per heavy atom. The number of carbonyl (C=O) groups is 12. The van der Waals surface area contributed by atoms with Crippen LogP contribution in [0.15, 0.2) is 134 Å². The Balaban J connectivity index is 0.000000275. The van der Waals surface area contributed by atoms with E-state index in [1.165, 1.54) is 60.3 Å². The number of rotatable bonds is 30. The molecular weight excluding hydrogens is 1550 g/mol. The number of hydrogen-bond donors (Lipinski definition) is 9. The molecule has 11 atom stereocenters. The van der Waals surface area contributed by atoms with Crippen molar-refractivity contribution in [1.82, 2.24) is 30.2 Å². The number of phenols is 4. The van der Waals surface area contributed by atoms with E-state index in [1.54, 1.807) is 98.2 Å². The summed E-state index contributed by atoms with van der Waals surface area (Å²) in [5, 5.41) is 50.8. The van der Waals surface area contributed by atoms with Gasteiger partial charge < -0.3 is 67.9 Å². The summed E-state index contributed by atoms with van der Waals surface area (Å²) in [5.41, 5.74) is 22.8. The zero-order valence-corrected chi connectivity index (χ0v) is 70.8. The molecule has 0 aromatic heterocycles. The Morgan fingerprint density at radius 1 is 0.533 bits per heavy atom. The van der Waals surface area contributed by atoms with Gasteiger partial charge in [-0.05, 0) is 178 Å². The number of unbranched alkanes of at least 4 members (excludes halogenated alkanes) is 3. The SMILES string of the molecule is C=C(N)[C@@H]1CCCN1C(=O)[C@H](C)CC(=O)[C@@H]1Cc2ccc(O)c(c2)-c2cc(ccc2O)[C@H](N(C)C(=O)[C@H](CCCCN)CC(=O)CCCC)C(=O)C[C@@H](C)C(=O)N1.C[C@@H]1CC(=O)[C@@H](N(C)C(=O)[C@H](CCCCN)CC(=O)c2ccc(-c3ccc(Cl)cc3)cc2)c2ccc(O)c(c2)-c2cc(ccc2O)C[C@@H](C(=O)C[C@@H](C)C(=O)N2CCCC2)NC1=O. The zero-order chi connectivity index (χ0) is 87.3. The van der Waals surface area contributed by atoms with Gasteiger partial charge in [-0.3, -0.25) is 57.5 Å². The number of aromatic hydroxyl groups is 4. The molecule has 8 bridgehead atoms. The summed E-state index contributed by atoms with van der Waals surface area (Å²) < 4.78 is 0. The molecule has 2 saturated heterocycles. The first kappa shape index (κ1) is 93.0. The number of likely N-dealkylation sites (tertiary alicyclic amines) is 2. The highest BCUT2D eigenvalue weighted by molar-refractivity contribution is 6.30. The average Bonchev–Trinajstić information content (AvgIpc) is 1.03. The first-order chi connectivity index (χ1) is 57.2. The third-order valence-electron chi connectivity index (χ3n) is 23.7. The van der Waals surface area contributed by atoms with Gasteiger partial charge in [-0.15, -0.1) is 0 Å². The number of hydrogen-bond acceptors (Lipinski definition) is 19. The molecule has 0 unspecified atom stereocenters. The van der Waals surface area contributed by atoms with Crippen LogP contribution in [0.4, 0.5) is 0 Å². The molecule has 6 aromatic carbocycles. The second-order valence-electron chi connectivity index (χ2n) is 33.1. The van der Waals surface area contributed by atoms with Crippen molar-refractivity contribution in [2.45, 2.75) is 200 Å². The van der Waals surface area contributed by atoms with Crippen LogP contribution >= 0.6 is 11.6 Å². The van der Waals surface area contributed by atoms with Gasteiger partial charge in [-0.2, -0.15) is 0 Å². The van der Waals surface area contributed by atoms with Gasteiger partial charge in [-0.25, -0.2) is 0 Å². The van der Waals surface area contributed by atoms with Gasteiger partial charge in [0.15, 0.2) is 28.9 Å². The van der Waals surface area contributed by atoms with Crippen molar-refractivity contribution in [2.75, 3.05) is 46.8 Å². The van der Waals surface area contributed by atoms with Crippen LogP contribution in [0, 0.1) is 35.5 Å². The number of likely N-dealkylation sites (N-methyl/N-ethyl adjacent to an activating group) is 2. The van der Waals surface area contributed by atoms with Gasteiger partial charge in [-0.1, -0.05) is 133 Å². The van der Waals surface area contributed by atoms with E-state index in [1.807, 2.05) is 31.2 Å². The van der Waals surface area contributed by atoms with E-state index < -0.39 is 101 Å². The van der Waals surface area contributed by atoms with Crippen LogP contribution in [0.3, 0.4) is 0 Å². The van der Waals surface area contributed by atoms with Crippen LogP contribution in [0.2, 0.25) is 5.02 Å². The summed E-state index contributed by atoms with van der Waals surface area (Å²) in [4.78, 5) is 173. The predicted molar refractivity (Wildman–Crippen MR) is 460 cm³/mol. The number of carbonyl (C=O) groups excluding carboxylic acids is 12. The lowest BCUT2D eigenvalue weighted by Gasteiger charge is -2.32. The number of Topliss-reactive ketones (excluding diaryl/α,β-unsaturated/α-hetero) is 6. The summed E-state index contributed by atoms with van der Waals surface area (Å²) in [6, 6.07) is 27.8. The van der Waals surface area contributed by atoms with E-state index in [4.69, 9.17) is 28.8 Å². The number of phenolic OH excluding ortho intramolecular Hbond substituents is 4. The largest absolute Gasteiger partial charge is 0.507 e. The second kappa shape index (κ2) is 43.4. The third kappa shape index (κ3) is 24.0. The van der Waals surface area contributed by atoms with Gasteiger partial charge in [0.2, 0.25) is 35.4 Å². The minimum absolute atomic E-state index is 0.00815. The number of nitrogens with one attached hydrogen (secondary N) is 2.